The summed E-state index contributed by atoms with van der Waals surface area (Å²) < 4.78 is 8.16. The normalized spacial score (nSPS) is 15.8. The molecule has 0 amide bonds. The molecule has 1 unspecified atom stereocenters. The second kappa shape index (κ2) is 12.2. The number of halogens is 1. The van der Waals surface area contributed by atoms with Crippen molar-refractivity contribution in [3.8, 4) is 22.8 Å². The SMILES string of the molecule is CC.COc1ccccc1CN1CCCC(CNc2cc(-c3ccccc3O)nc3c(Br)cnn23)C1. The van der Waals surface area contributed by atoms with Gasteiger partial charge >= 0.3 is 0 Å². The Hall–Kier alpha value is -3.10. The molecule has 1 atom stereocenters. The highest BCUT2D eigenvalue weighted by Crippen LogP contribution is 2.31. The summed E-state index contributed by atoms with van der Waals surface area (Å²) in [6, 6.07) is 17.5. The fourth-order valence-electron chi connectivity index (χ4n) is 4.68. The van der Waals surface area contributed by atoms with Gasteiger partial charge in [-0.2, -0.15) is 9.61 Å². The molecule has 2 aromatic carbocycles. The molecule has 2 aromatic heterocycles. The molecule has 4 aromatic rings. The number of piperidine rings is 1. The fourth-order valence-corrected chi connectivity index (χ4v) is 5.02. The van der Waals surface area contributed by atoms with Gasteiger partial charge in [0.25, 0.3) is 0 Å². The average molecular weight is 553 g/mol. The van der Waals surface area contributed by atoms with E-state index in [1.54, 1.807) is 19.4 Å². The lowest BCUT2D eigenvalue weighted by molar-refractivity contribution is 0.171. The summed E-state index contributed by atoms with van der Waals surface area (Å²) in [4.78, 5) is 7.24. The molecule has 1 saturated heterocycles. The van der Waals surface area contributed by atoms with Crippen LogP contribution in [-0.4, -0.2) is 51.3 Å². The average Bonchev–Trinajstić information content (AvgIpc) is 3.30. The van der Waals surface area contributed by atoms with Crippen LogP contribution in [0.1, 0.15) is 32.3 Å². The van der Waals surface area contributed by atoms with Crippen LogP contribution in [-0.2, 0) is 6.54 Å². The van der Waals surface area contributed by atoms with E-state index in [1.165, 1.54) is 18.4 Å². The Morgan fingerprint density at radius 3 is 2.72 bits per heavy atom. The van der Waals surface area contributed by atoms with Crippen molar-refractivity contribution < 1.29 is 9.84 Å². The Morgan fingerprint density at radius 2 is 1.92 bits per heavy atom. The Labute approximate surface area is 221 Å². The van der Waals surface area contributed by atoms with Gasteiger partial charge in [-0.25, -0.2) is 4.98 Å². The standard InChI is InChI=1S/C26H28BrN5O2.C2H6/c1-34-24-11-5-2-8-19(24)17-31-12-6-7-18(16-31)14-28-25-13-22(20-9-3-4-10-23(20)33)30-26-21(27)15-29-32(25)26;1-2/h2-5,8-11,13,15,18,28,33H,6-7,12,14,16-17H2,1H3;1-2H3. The number of benzene rings is 2. The van der Waals surface area contributed by atoms with Crippen LogP contribution in [0, 0.1) is 5.92 Å². The van der Waals surface area contributed by atoms with Gasteiger partial charge in [-0.05, 0) is 59.4 Å². The van der Waals surface area contributed by atoms with Crippen molar-refractivity contribution in [3.63, 3.8) is 0 Å². The number of nitrogens with one attached hydrogen (secondary N) is 1. The number of ether oxygens (including phenoxy) is 1. The molecule has 0 bridgehead atoms. The minimum absolute atomic E-state index is 0.209. The molecule has 0 aliphatic carbocycles. The number of methoxy groups -OCH3 is 1. The number of rotatable bonds is 7. The molecule has 190 valence electrons. The maximum Gasteiger partial charge on any atom is 0.172 e. The van der Waals surface area contributed by atoms with E-state index in [0.29, 0.717) is 22.8 Å². The van der Waals surface area contributed by atoms with E-state index in [2.05, 4.69) is 43.4 Å². The highest BCUT2D eigenvalue weighted by Gasteiger charge is 2.22. The Balaban J connectivity index is 0.00000148. The molecule has 36 heavy (non-hydrogen) atoms. The molecule has 1 aliphatic heterocycles. The molecule has 0 spiro atoms. The molecular weight excluding hydrogens is 518 g/mol. The number of phenolic OH excluding ortho intramolecular Hbond substituents is 1. The minimum atomic E-state index is 0.209. The van der Waals surface area contributed by atoms with Gasteiger partial charge in [-0.15, -0.1) is 0 Å². The zero-order valence-electron chi connectivity index (χ0n) is 21.1. The van der Waals surface area contributed by atoms with Crippen molar-refractivity contribution in [2.24, 2.45) is 5.92 Å². The van der Waals surface area contributed by atoms with Gasteiger partial charge in [0.1, 0.15) is 17.3 Å². The highest BCUT2D eigenvalue weighted by atomic mass is 79.9. The van der Waals surface area contributed by atoms with Gasteiger partial charge < -0.3 is 15.2 Å². The Kier molecular flexibility index (Phi) is 8.83. The predicted octanol–water partition coefficient (Wildman–Crippen LogP) is 6.22. The number of hydrogen-bond donors (Lipinski definition) is 2. The number of aromatic nitrogens is 3. The minimum Gasteiger partial charge on any atom is -0.507 e. The predicted molar refractivity (Wildman–Crippen MR) is 149 cm³/mol. The van der Waals surface area contributed by atoms with Gasteiger partial charge in [-0.3, -0.25) is 4.90 Å². The number of aromatic hydroxyl groups is 1. The van der Waals surface area contributed by atoms with Crippen LogP contribution in [0.15, 0.2) is 65.3 Å². The smallest absolute Gasteiger partial charge is 0.172 e. The van der Waals surface area contributed by atoms with Crippen LogP contribution in [0.2, 0.25) is 0 Å². The first kappa shape index (κ1) is 26.0. The van der Waals surface area contributed by atoms with Crippen LogP contribution in [0.25, 0.3) is 16.9 Å². The molecule has 1 aliphatic rings. The van der Waals surface area contributed by atoms with E-state index in [-0.39, 0.29) is 5.75 Å². The third-order valence-electron chi connectivity index (χ3n) is 6.37. The maximum absolute atomic E-state index is 10.4. The van der Waals surface area contributed by atoms with Crippen LogP contribution in [0.5, 0.6) is 11.5 Å². The third-order valence-corrected chi connectivity index (χ3v) is 6.93. The zero-order chi connectivity index (χ0) is 25.5. The summed E-state index contributed by atoms with van der Waals surface area (Å²) in [6.45, 7) is 7.84. The van der Waals surface area contributed by atoms with Crippen molar-refractivity contribution in [2.45, 2.75) is 33.2 Å². The first-order chi connectivity index (χ1) is 17.6. The number of anilines is 1. The first-order valence-electron chi connectivity index (χ1n) is 12.5. The number of nitrogens with zero attached hydrogens (tertiary/aromatic N) is 4. The lowest BCUT2D eigenvalue weighted by atomic mass is 9.97. The summed E-state index contributed by atoms with van der Waals surface area (Å²) in [5.74, 6) is 2.53. The van der Waals surface area contributed by atoms with Crippen molar-refractivity contribution in [1.29, 1.82) is 0 Å². The fraction of sp³-hybridized carbons (Fsp3) is 0.357. The van der Waals surface area contributed by atoms with Gasteiger partial charge in [0.2, 0.25) is 0 Å². The number of fused-ring (bicyclic) bond motifs is 1. The largest absolute Gasteiger partial charge is 0.507 e. The quantitative estimate of drug-likeness (QED) is 0.284. The second-order valence-electron chi connectivity index (χ2n) is 8.71. The summed E-state index contributed by atoms with van der Waals surface area (Å²) in [7, 11) is 1.73. The lowest BCUT2D eigenvalue weighted by Crippen LogP contribution is -2.37. The topological polar surface area (TPSA) is 74.9 Å². The van der Waals surface area contributed by atoms with Crippen molar-refractivity contribution in [2.75, 3.05) is 32.1 Å². The number of para-hydroxylation sites is 2. The molecule has 7 nitrogen and oxygen atoms in total. The Bertz CT molecular complexity index is 1290. The van der Waals surface area contributed by atoms with Gasteiger partial charge in [0.05, 0.1) is 23.5 Å². The maximum atomic E-state index is 10.4. The number of hydrogen-bond acceptors (Lipinski definition) is 6. The molecule has 0 radical (unpaired) electrons. The number of likely N-dealkylation sites (tertiary alicyclic amines) is 1. The first-order valence-corrected chi connectivity index (χ1v) is 13.3. The lowest BCUT2D eigenvalue weighted by Gasteiger charge is -2.33. The molecule has 0 saturated carbocycles. The van der Waals surface area contributed by atoms with Crippen LogP contribution < -0.4 is 10.1 Å². The van der Waals surface area contributed by atoms with Gasteiger partial charge in [-0.1, -0.05) is 44.2 Å². The molecule has 2 N–H and O–H groups in total. The zero-order valence-corrected chi connectivity index (χ0v) is 22.7. The van der Waals surface area contributed by atoms with Crippen LogP contribution in [0.3, 0.4) is 0 Å². The molecule has 8 heteroatoms. The molecule has 3 heterocycles. The van der Waals surface area contributed by atoms with E-state index in [4.69, 9.17) is 9.72 Å². The summed E-state index contributed by atoms with van der Waals surface area (Å²) >= 11 is 3.55. The van der Waals surface area contributed by atoms with E-state index in [9.17, 15) is 5.11 Å². The monoisotopic (exact) mass is 551 g/mol. The summed E-state index contributed by atoms with van der Waals surface area (Å²) in [5, 5.41) is 18.5. The summed E-state index contributed by atoms with van der Waals surface area (Å²) in [6.07, 6.45) is 4.10. The third kappa shape index (κ3) is 5.82. The van der Waals surface area contributed by atoms with Crippen molar-refractivity contribution in [1.82, 2.24) is 19.5 Å². The van der Waals surface area contributed by atoms with E-state index in [0.717, 1.165) is 42.2 Å². The van der Waals surface area contributed by atoms with Crippen molar-refractivity contribution in [3.05, 3.63) is 70.8 Å². The van der Waals surface area contributed by atoms with E-state index < -0.39 is 0 Å². The molecular formula is C28H34BrN5O2. The van der Waals surface area contributed by atoms with Crippen molar-refractivity contribution >= 4 is 27.4 Å². The second-order valence-corrected chi connectivity index (χ2v) is 9.56. The van der Waals surface area contributed by atoms with Crippen LogP contribution in [0.4, 0.5) is 5.82 Å². The number of phenols is 1. The molecule has 5 rings (SSSR count). The van der Waals surface area contributed by atoms with E-state index >= 15 is 0 Å². The molecule has 1 fully saturated rings. The summed E-state index contributed by atoms with van der Waals surface area (Å²) in [5.41, 5.74) is 3.34. The van der Waals surface area contributed by atoms with Crippen LogP contribution >= 0.6 is 15.9 Å². The highest BCUT2D eigenvalue weighted by molar-refractivity contribution is 9.10. The Morgan fingerprint density at radius 1 is 1.14 bits per heavy atom. The van der Waals surface area contributed by atoms with Gasteiger partial charge in [0, 0.05) is 36.8 Å². The van der Waals surface area contributed by atoms with Gasteiger partial charge in [0.15, 0.2) is 5.65 Å². The van der Waals surface area contributed by atoms with E-state index in [1.807, 2.05) is 54.8 Å².